The highest BCUT2D eigenvalue weighted by Crippen LogP contribution is 2.36. The molecule has 13 heteroatoms. The number of nitrogens with one attached hydrogen (secondary N) is 2. The number of benzene rings is 2. The normalized spacial score (nSPS) is 15.6. The largest absolute Gasteiger partial charge is 0.493 e. The number of hydrogen-bond donors (Lipinski definition) is 4. The highest BCUT2D eigenvalue weighted by atomic mass is 32.1. The van der Waals surface area contributed by atoms with Crippen molar-refractivity contribution < 1.29 is 33.6 Å². The number of rotatable bonds is 19. The number of aliphatic hydroxyl groups is 1. The zero-order chi connectivity index (χ0) is 35.9. The summed E-state index contributed by atoms with van der Waals surface area (Å²) < 4.78 is 23.6. The molecule has 3 N–H and O–H groups in total. The van der Waals surface area contributed by atoms with Gasteiger partial charge < -0.3 is 39.6 Å². The van der Waals surface area contributed by atoms with Gasteiger partial charge in [-0.2, -0.15) is 0 Å². The number of nitrogens with zero attached hydrogens (tertiary/aromatic N) is 2. The van der Waals surface area contributed by atoms with Crippen molar-refractivity contribution in [1.29, 1.82) is 0 Å². The lowest BCUT2D eigenvalue weighted by molar-refractivity contribution is -0.119. The van der Waals surface area contributed by atoms with Crippen molar-refractivity contribution in [2.75, 3.05) is 64.7 Å². The van der Waals surface area contributed by atoms with Crippen LogP contribution >= 0.6 is 12.6 Å². The van der Waals surface area contributed by atoms with Gasteiger partial charge in [-0.25, -0.2) is 0 Å². The van der Waals surface area contributed by atoms with E-state index in [1.807, 2.05) is 11.9 Å². The summed E-state index contributed by atoms with van der Waals surface area (Å²) in [6.45, 7) is 5.86. The number of aliphatic hydroxyl groups excluding tert-OH is 1. The van der Waals surface area contributed by atoms with E-state index in [2.05, 4.69) is 46.4 Å². The van der Waals surface area contributed by atoms with E-state index in [1.54, 1.807) is 38.5 Å². The number of hydrogen-bond acceptors (Lipinski definition) is 10. The van der Waals surface area contributed by atoms with Gasteiger partial charge in [-0.05, 0) is 69.5 Å². The van der Waals surface area contributed by atoms with Crippen molar-refractivity contribution in [2.45, 2.75) is 83.5 Å². The molecule has 0 unspecified atom stereocenters. The molecule has 2 aromatic carbocycles. The summed E-state index contributed by atoms with van der Waals surface area (Å²) in [6, 6.07) is 9.55. The number of carbonyl (C=O) groups is 2. The summed E-state index contributed by atoms with van der Waals surface area (Å²) in [5.41, 5.74) is 2.19. The fraction of sp³-hybridized carbons (Fsp3) is 0.568. The molecule has 0 aromatic heterocycles. The Balaban J connectivity index is 1.31. The molecule has 0 saturated carbocycles. The van der Waals surface area contributed by atoms with Gasteiger partial charge >= 0.3 is 0 Å². The van der Waals surface area contributed by atoms with Crippen molar-refractivity contribution in [3.8, 4) is 34.3 Å². The van der Waals surface area contributed by atoms with Crippen LogP contribution in [0.5, 0.6) is 23.0 Å². The standard InChI is InChI=1S/C37H53BN4O7S/c1-5-12-38(13-9-19-48-34-24-29(27(26-43)22-32(34)46-3)40-36(44)31-11-8-16-41(31)2)14-10-20-49-35-25-30(39-15-21-50)28(23-33(35)47-4)37(45)42-17-6-7-18-42/h22-25,31,39,43,50H,5-14,16-20,26H2,1-4H3,(H,40,44)/t31-/m0/s1. The molecule has 2 amide bonds. The Kier molecular flexibility index (Phi) is 15.8. The molecule has 50 heavy (non-hydrogen) atoms. The minimum absolute atomic E-state index is 0.0534. The molecular weight excluding hydrogens is 655 g/mol. The third-order valence-electron chi connectivity index (χ3n) is 9.55. The van der Waals surface area contributed by atoms with Crippen molar-refractivity contribution >= 4 is 42.5 Å². The Morgan fingerprint density at radius 1 is 0.920 bits per heavy atom. The first kappa shape index (κ1) is 39.1. The van der Waals surface area contributed by atoms with Gasteiger partial charge in [0.25, 0.3) is 5.91 Å². The van der Waals surface area contributed by atoms with E-state index in [1.165, 1.54) is 0 Å². The predicted molar refractivity (Wildman–Crippen MR) is 202 cm³/mol. The summed E-state index contributed by atoms with van der Waals surface area (Å²) >= 11 is 3.98. The number of likely N-dealkylation sites (N-methyl/N-ethyl adjacent to an activating group) is 1. The number of ether oxygens (including phenoxy) is 4. The average molecular weight is 709 g/mol. The molecule has 2 saturated heterocycles. The second-order valence-electron chi connectivity index (χ2n) is 13.0. The van der Waals surface area contributed by atoms with Crippen LogP contribution in [0, 0.1) is 11.3 Å². The minimum atomic E-state index is -0.228. The van der Waals surface area contributed by atoms with Crippen LogP contribution in [0.4, 0.5) is 11.4 Å². The van der Waals surface area contributed by atoms with Crippen molar-refractivity contribution in [2.24, 2.45) is 0 Å². The molecule has 1 atom stereocenters. The van der Waals surface area contributed by atoms with Gasteiger partial charge in [0, 0.05) is 36.8 Å². The van der Waals surface area contributed by atoms with Crippen LogP contribution in [0.25, 0.3) is 0 Å². The summed E-state index contributed by atoms with van der Waals surface area (Å²) in [4.78, 5) is 30.1. The fourth-order valence-electron chi connectivity index (χ4n) is 6.83. The van der Waals surface area contributed by atoms with Gasteiger partial charge in [0.05, 0.1) is 57.0 Å². The SMILES string of the molecule is CCCB(CCCOc1cc(NC(=O)[C@@H]2CCCN2C)c(CO)cc1OC)CCCOc1cc(NC#CS)c(C(=O)N2CCCC2)cc1OC. The number of likely N-dealkylation sites (tertiary alicyclic amines) is 2. The second kappa shape index (κ2) is 20.2. The lowest BCUT2D eigenvalue weighted by Gasteiger charge is -2.21. The number of amides is 2. The summed E-state index contributed by atoms with van der Waals surface area (Å²) in [5.74, 6) is 1.99. The molecule has 2 heterocycles. The molecule has 2 aromatic rings. The molecular formula is C37H53BN4O7S. The highest BCUT2D eigenvalue weighted by Gasteiger charge is 2.29. The monoisotopic (exact) mass is 708 g/mol. The molecule has 2 aliphatic rings. The number of methoxy groups -OCH3 is 2. The Labute approximate surface area is 303 Å². The summed E-state index contributed by atoms with van der Waals surface area (Å²) in [6.07, 6.45) is 9.71. The topological polar surface area (TPSA) is 122 Å². The molecule has 0 aliphatic carbocycles. The van der Waals surface area contributed by atoms with E-state index >= 15 is 0 Å². The lowest BCUT2D eigenvalue weighted by atomic mass is 9.41. The molecule has 2 fully saturated rings. The van der Waals surface area contributed by atoms with Gasteiger partial charge in [0.1, 0.15) is 6.71 Å². The van der Waals surface area contributed by atoms with Gasteiger partial charge in [-0.1, -0.05) is 44.9 Å². The van der Waals surface area contributed by atoms with Gasteiger partial charge in [-0.3, -0.25) is 14.5 Å². The molecule has 11 nitrogen and oxygen atoms in total. The van der Waals surface area contributed by atoms with Crippen LogP contribution in [0.2, 0.25) is 19.0 Å². The zero-order valence-corrected chi connectivity index (χ0v) is 30.9. The first-order valence-electron chi connectivity index (χ1n) is 17.8. The lowest BCUT2D eigenvalue weighted by Crippen LogP contribution is -2.37. The van der Waals surface area contributed by atoms with E-state index in [4.69, 9.17) is 18.9 Å². The van der Waals surface area contributed by atoms with E-state index in [-0.39, 0.29) is 24.5 Å². The quantitative estimate of drug-likeness (QED) is 0.0467. The number of carbonyl (C=O) groups excluding carboxylic acids is 2. The van der Waals surface area contributed by atoms with Crippen LogP contribution in [0.1, 0.15) is 67.8 Å². The summed E-state index contributed by atoms with van der Waals surface area (Å²) in [7, 11) is 5.10. The zero-order valence-electron chi connectivity index (χ0n) is 30.0. The molecule has 0 bridgehead atoms. The predicted octanol–water partition coefficient (Wildman–Crippen LogP) is 5.87. The van der Waals surface area contributed by atoms with Crippen LogP contribution in [-0.2, 0) is 11.4 Å². The number of thiol groups is 1. The molecule has 4 rings (SSSR count). The summed E-state index contributed by atoms with van der Waals surface area (Å²) in [5, 5.41) is 18.5. The van der Waals surface area contributed by atoms with Crippen LogP contribution in [0.15, 0.2) is 24.3 Å². The number of anilines is 2. The van der Waals surface area contributed by atoms with Crippen LogP contribution in [0.3, 0.4) is 0 Å². The Morgan fingerprint density at radius 3 is 2.12 bits per heavy atom. The van der Waals surface area contributed by atoms with Gasteiger partial charge in [0.15, 0.2) is 23.0 Å². The van der Waals surface area contributed by atoms with Crippen molar-refractivity contribution in [1.82, 2.24) is 9.80 Å². The first-order valence-corrected chi connectivity index (χ1v) is 18.3. The molecule has 2 aliphatic heterocycles. The third kappa shape index (κ3) is 10.6. The van der Waals surface area contributed by atoms with Crippen molar-refractivity contribution in [3.05, 3.63) is 35.4 Å². The van der Waals surface area contributed by atoms with Crippen LogP contribution in [-0.4, -0.2) is 93.6 Å². The van der Waals surface area contributed by atoms with Crippen molar-refractivity contribution in [3.63, 3.8) is 0 Å². The van der Waals surface area contributed by atoms with Gasteiger partial charge in [-0.15, -0.1) is 0 Å². The van der Waals surface area contributed by atoms with E-state index in [0.29, 0.717) is 65.4 Å². The smallest absolute Gasteiger partial charge is 0.256 e. The maximum absolute atomic E-state index is 13.2. The molecule has 0 radical (unpaired) electrons. The highest BCUT2D eigenvalue weighted by molar-refractivity contribution is 7.85. The molecule has 0 spiro atoms. The average Bonchev–Trinajstić information content (AvgIpc) is 3.83. The first-order chi connectivity index (χ1) is 24.3. The third-order valence-corrected chi connectivity index (χ3v) is 9.66. The second-order valence-corrected chi connectivity index (χ2v) is 13.2. The maximum atomic E-state index is 13.2. The van der Waals surface area contributed by atoms with Gasteiger partial charge in [0.2, 0.25) is 5.91 Å². The fourth-order valence-corrected chi connectivity index (χ4v) is 6.88. The molecule has 272 valence electrons. The Morgan fingerprint density at radius 2 is 1.56 bits per heavy atom. The van der Waals surface area contributed by atoms with E-state index < -0.39 is 0 Å². The maximum Gasteiger partial charge on any atom is 0.256 e. The van der Waals surface area contributed by atoms with E-state index in [0.717, 1.165) is 83.5 Å². The van der Waals surface area contributed by atoms with E-state index in [9.17, 15) is 14.7 Å². The Bertz CT molecular complexity index is 1490. The minimum Gasteiger partial charge on any atom is -0.493 e. The Hall–Kier alpha value is -3.73. The van der Waals surface area contributed by atoms with Crippen LogP contribution < -0.4 is 29.6 Å².